The second kappa shape index (κ2) is 8.73. The molecule has 1 aromatic rings. The number of ether oxygens (including phenoxy) is 2. The predicted molar refractivity (Wildman–Crippen MR) is 104 cm³/mol. The second-order valence-electron chi connectivity index (χ2n) is 8.37. The highest BCUT2D eigenvalue weighted by molar-refractivity contribution is 5.28. The number of hydrogen-bond donors (Lipinski definition) is 0. The van der Waals surface area contributed by atoms with Gasteiger partial charge in [0.05, 0.1) is 13.7 Å². The Kier molecular flexibility index (Phi) is 6.13. The maximum Gasteiger partial charge on any atom is 0.119 e. The predicted octanol–water partition coefficient (Wildman–Crippen LogP) is 3.27. The van der Waals surface area contributed by atoms with E-state index in [1.54, 1.807) is 7.11 Å². The average Bonchev–Trinajstić information content (AvgIpc) is 3.13. The Hall–Kier alpha value is -1.10. The molecule has 2 unspecified atom stereocenters. The summed E-state index contributed by atoms with van der Waals surface area (Å²) in [4.78, 5) is 5.20. The van der Waals surface area contributed by atoms with Gasteiger partial charge in [0, 0.05) is 32.8 Å². The van der Waals surface area contributed by atoms with Crippen LogP contribution in [0.4, 0.5) is 0 Å². The number of methoxy groups -OCH3 is 1. The van der Waals surface area contributed by atoms with E-state index < -0.39 is 0 Å². The van der Waals surface area contributed by atoms with E-state index in [1.165, 1.54) is 64.0 Å². The fourth-order valence-electron chi connectivity index (χ4n) is 4.93. The zero-order chi connectivity index (χ0) is 17.8. The third-order valence-electron chi connectivity index (χ3n) is 6.51. The minimum absolute atomic E-state index is 0.826. The van der Waals surface area contributed by atoms with Crippen molar-refractivity contribution in [2.24, 2.45) is 17.8 Å². The molecule has 2 heterocycles. The molecule has 1 aromatic carbocycles. The molecule has 26 heavy (non-hydrogen) atoms. The van der Waals surface area contributed by atoms with Crippen LogP contribution in [0.3, 0.4) is 0 Å². The molecule has 0 radical (unpaired) electrons. The molecule has 4 heteroatoms. The lowest BCUT2D eigenvalue weighted by Gasteiger charge is -2.26. The SMILES string of the molecule is COc1cccc(CN2CC3C(COCCCN4CCCCC4)C3C2)c1. The van der Waals surface area contributed by atoms with Gasteiger partial charge in [-0.15, -0.1) is 0 Å². The van der Waals surface area contributed by atoms with E-state index in [9.17, 15) is 0 Å². The van der Waals surface area contributed by atoms with E-state index in [2.05, 4.69) is 28.0 Å². The molecule has 0 aromatic heterocycles. The summed E-state index contributed by atoms with van der Waals surface area (Å²) in [5, 5.41) is 0. The van der Waals surface area contributed by atoms with Gasteiger partial charge in [0.2, 0.25) is 0 Å². The zero-order valence-corrected chi connectivity index (χ0v) is 16.2. The van der Waals surface area contributed by atoms with Gasteiger partial charge in [0.25, 0.3) is 0 Å². The Balaban J connectivity index is 1.09. The summed E-state index contributed by atoms with van der Waals surface area (Å²) >= 11 is 0. The largest absolute Gasteiger partial charge is 0.497 e. The maximum atomic E-state index is 6.01. The normalized spacial score (nSPS) is 28.9. The quantitative estimate of drug-likeness (QED) is 0.633. The molecule has 1 saturated carbocycles. The minimum atomic E-state index is 0.826. The van der Waals surface area contributed by atoms with Gasteiger partial charge in [-0.25, -0.2) is 0 Å². The third kappa shape index (κ3) is 4.59. The van der Waals surface area contributed by atoms with Crippen LogP contribution in [0.25, 0.3) is 0 Å². The standard InChI is InChI=1S/C22H34N2O2/c1-25-19-8-5-7-18(13-19)14-24-15-20-21(16-24)22(20)17-26-12-6-11-23-9-3-2-4-10-23/h5,7-8,13,20-22H,2-4,6,9-12,14-17H2,1H3. The van der Waals surface area contributed by atoms with Crippen LogP contribution in [0.1, 0.15) is 31.2 Å². The highest BCUT2D eigenvalue weighted by atomic mass is 16.5. The monoisotopic (exact) mass is 358 g/mol. The van der Waals surface area contributed by atoms with Crippen LogP contribution in [0.15, 0.2) is 24.3 Å². The Bertz CT molecular complexity index is 561. The van der Waals surface area contributed by atoms with E-state index in [4.69, 9.17) is 9.47 Å². The summed E-state index contributed by atoms with van der Waals surface area (Å²) < 4.78 is 11.3. The second-order valence-corrected chi connectivity index (χ2v) is 8.37. The molecule has 0 bridgehead atoms. The Morgan fingerprint density at radius 2 is 1.85 bits per heavy atom. The maximum absolute atomic E-state index is 6.01. The van der Waals surface area contributed by atoms with Crippen molar-refractivity contribution in [1.29, 1.82) is 0 Å². The number of likely N-dealkylation sites (tertiary alicyclic amines) is 2. The fourth-order valence-corrected chi connectivity index (χ4v) is 4.93. The van der Waals surface area contributed by atoms with Crippen molar-refractivity contribution < 1.29 is 9.47 Å². The molecule has 0 spiro atoms. The molecule has 2 atom stereocenters. The first-order valence-corrected chi connectivity index (χ1v) is 10.5. The van der Waals surface area contributed by atoms with Crippen LogP contribution in [-0.4, -0.2) is 62.8 Å². The van der Waals surface area contributed by atoms with Crippen molar-refractivity contribution in [3.63, 3.8) is 0 Å². The van der Waals surface area contributed by atoms with Gasteiger partial charge >= 0.3 is 0 Å². The summed E-state index contributed by atoms with van der Waals surface area (Å²) in [6, 6.07) is 8.47. The van der Waals surface area contributed by atoms with Crippen LogP contribution < -0.4 is 4.74 Å². The summed E-state index contributed by atoms with van der Waals surface area (Å²) in [5.74, 6) is 3.54. The van der Waals surface area contributed by atoms with Gasteiger partial charge in [0.15, 0.2) is 0 Å². The van der Waals surface area contributed by atoms with Gasteiger partial charge in [-0.3, -0.25) is 4.90 Å². The van der Waals surface area contributed by atoms with Gasteiger partial charge in [-0.05, 0) is 67.8 Å². The third-order valence-corrected chi connectivity index (χ3v) is 6.51. The molecule has 2 aliphatic heterocycles. The number of nitrogens with zero attached hydrogens (tertiary/aromatic N) is 2. The van der Waals surface area contributed by atoms with Gasteiger partial charge in [0.1, 0.15) is 5.75 Å². The van der Waals surface area contributed by atoms with Crippen molar-refractivity contribution in [2.75, 3.05) is 53.0 Å². The number of benzene rings is 1. The molecule has 1 aliphatic carbocycles. The summed E-state index contributed by atoms with van der Waals surface area (Å²) in [7, 11) is 1.74. The molecular formula is C22H34N2O2. The molecule has 3 aliphatic rings. The van der Waals surface area contributed by atoms with E-state index >= 15 is 0 Å². The summed E-state index contributed by atoms with van der Waals surface area (Å²) in [6.45, 7) is 9.29. The van der Waals surface area contributed by atoms with E-state index in [-0.39, 0.29) is 0 Å². The first-order valence-electron chi connectivity index (χ1n) is 10.5. The lowest BCUT2D eigenvalue weighted by molar-refractivity contribution is 0.0967. The van der Waals surface area contributed by atoms with Crippen molar-refractivity contribution in [1.82, 2.24) is 9.80 Å². The van der Waals surface area contributed by atoms with Crippen LogP contribution >= 0.6 is 0 Å². The van der Waals surface area contributed by atoms with E-state index in [0.717, 1.165) is 43.3 Å². The fraction of sp³-hybridized carbons (Fsp3) is 0.727. The summed E-state index contributed by atoms with van der Waals surface area (Å²) in [6.07, 6.45) is 5.40. The van der Waals surface area contributed by atoms with Gasteiger partial charge in [-0.2, -0.15) is 0 Å². The van der Waals surface area contributed by atoms with E-state index in [0.29, 0.717) is 0 Å². The van der Waals surface area contributed by atoms with Crippen LogP contribution in [-0.2, 0) is 11.3 Å². The molecule has 3 fully saturated rings. The Morgan fingerprint density at radius 3 is 2.62 bits per heavy atom. The van der Waals surface area contributed by atoms with Crippen molar-refractivity contribution in [3.05, 3.63) is 29.8 Å². The van der Waals surface area contributed by atoms with Crippen LogP contribution in [0.5, 0.6) is 5.75 Å². The van der Waals surface area contributed by atoms with Crippen molar-refractivity contribution in [3.8, 4) is 5.75 Å². The minimum Gasteiger partial charge on any atom is -0.497 e. The first-order chi connectivity index (χ1) is 12.8. The molecule has 4 rings (SSSR count). The molecule has 0 amide bonds. The smallest absolute Gasteiger partial charge is 0.119 e. The topological polar surface area (TPSA) is 24.9 Å². The lowest BCUT2D eigenvalue weighted by Crippen LogP contribution is -2.31. The Morgan fingerprint density at radius 1 is 1.04 bits per heavy atom. The van der Waals surface area contributed by atoms with Gasteiger partial charge in [-0.1, -0.05) is 18.6 Å². The molecule has 2 saturated heterocycles. The Labute approximate surface area is 158 Å². The van der Waals surface area contributed by atoms with Crippen LogP contribution in [0.2, 0.25) is 0 Å². The molecule has 0 N–H and O–H groups in total. The van der Waals surface area contributed by atoms with Gasteiger partial charge < -0.3 is 14.4 Å². The number of piperidine rings is 2. The average molecular weight is 359 g/mol. The van der Waals surface area contributed by atoms with Crippen LogP contribution in [0, 0.1) is 17.8 Å². The molecule has 4 nitrogen and oxygen atoms in total. The lowest BCUT2D eigenvalue weighted by atomic mass is 10.1. The van der Waals surface area contributed by atoms with Crippen molar-refractivity contribution in [2.45, 2.75) is 32.2 Å². The van der Waals surface area contributed by atoms with E-state index in [1.807, 2.05) is 6.07 Å². The highest BCUT2D eigenvalue weighted by Crippen LogP contribution is 2.52. The highest BCUT2D eigenvalue weighted by Gasteiger charge is 2.55. The molecular weight excluding hydrogens is 324 g/mol. The zero-order valence-electron chi connectivity index (χ0n) is 16.2. The van der Waals surface area contributed by atoms with Crippen molar-refractivity contribution >= 4 is 0 Å². The molecule has 144 valence electrons. The number of fused-ring (bicyclic) bond motifs is 1. The first kappa shape index (κ1) is 18.3. The number of rotatable bonds is 9. The summed E-state index contributed by atoms with van der Waals surface area (Å²) in [5.41, 5.74) is 1.36. The number of hydrogen-bond acceptors (Lipinski definition) is 4.